The molecule has 6 heteroatoms. The zero-order chi connectivity index (χ0) is 14.8. The zero-order valence-corrected chi connectivity index (χ0v) is 13.3. The molecule has 1 aromatic carbocycles. The van der Waals surface area contributed by atoms with Crippen molar-refractivity contribution in [3.8, 4) is 0 Å². The summed E-state index contributed by atoms with van der Waals surface area (Å²) < 4.78 is 1.85. The SMILES string of the molecule is CC1CNCCN1C(=O)Cn1ccc(=O)c2ccccc21.Cl. The molecule has 1 unspecified atom stereocenters. The van der Waals surface area contributed by atoms with Crippen LogP contribution in [0.2, 0.25) is 0 Å². The van der Waals surface area contributed by atoms with Crippen molar-refractivity contribution < 1.29 is 4.79 Å². The highest BCUT2D eigenvalue weighted by atomic mass is 35.5. The summed E-state index contributed by atoms with van der Waals surface area (Å²) in [5.74, 6) is 0.0952. The quantitative estimate of drug-likeness (QED) is 0.905. The van der Waals surface area contributed by atoms with Gasteiger partial charge >= 0.3 is 0 Å². The van der Waals surface area contributed by atoms with Crippen molar-refractivity contribution in [2.75, 3.05) is 19.6 Å². The average Bonchev–Trinajstić information content (AvgIpc) is 2.51. The van der Waals surface area contributed by atoms with Crippen molar-refractivity contribution in [1.82, 2.24) is 14.8 Å². The Balaban J connectivity index is 0.00000176. The van der Waals surface area contributed by atoms with E-state index < -0.39 is 0 Å². The molecule has 1 amide bonds. The third-order valence-corrected chi connectivity index (χ3v) is 4.01. The average molecular weight is 322 g/mol. The van der Waals surface area contributed by atoms with Crippen LogP contribution in [0.3, 0.4) is 0 Å². The predicted molar refractivity (Wildman–Crippen MR) is 89.5 cm³/mol. The van der Waals surface area contributed by atoms with E-state index in [4.69, 9.17) is 0 Å². The standard InChI is InChI=1S/C16H19N3O2.ClH/c1-12-10-17-7-9-19(12)16(21)11-18-8-6-15(20)13-4-2-3-5-14(13)18;/h2-6,8,12,17H,7,9-11H2,1H3;1H. The molecule has 22 heavy (non-hydrogen) atoms. The Hall–Kier alpha value is -1.85. The molecule has 2 heterocycles. The number of para-hydroxylation sites is 1. The van der Waals surface area contributed by atoms with Crippen LogP contribution in [0.1, 0.15) is 6.92 Å². The van der Waals surface area contributed by atoms with Crippen LogP contribution in [-0.4, -0.2) is 41.1 Å². The maximum atomic E-state index is 12.5. The first kappa shape index (κ1) is 16.5. The fourth-order valence-corrected chi connectivity index (χ4v) is 2.85. The van der Waals surface area contributed by atoms with E-state index in [-0.39, 0.29) is 36.3 Å². The van der Waals surface area contributed by atoms with Crippen LogP contribution in [0.15, 0.2) is 41.3 Å². The number of halogens is 1. The summed E-state index contributed by atoms with van der Waals surface area (Å²) in [6.07, 6.45) is 1.70. The molecule has 1 aromatic heterocycles. The highest BCUT2D eigenvalue weighted by molar-refractivity contribution is 5.85. The minimum Gasteiger partial charge on any atom is -0.338 e. The van der Waals surface area contributed by atoms with Gasteiger partial charge in [0.25, 0.3) is 0 Å². The summed E-state index contributed by atoms with van der Waals surface area (Å²) in [6.45, 7) is 4.72. The van der Waals surface area contributed by atoms with Gasteiger partial charge in [0, 0.05) is 43.3 Å². The van der Waals surface area contributed by atoms with Gasteiger partial charge in [0.2, 0.25) is 5.91 Å². The van der Waals surface area contributed by atoms with Gasteiger partial charge in [0.05, 0.1) is 5.52 Å². The van der Waals surface area contributed by atoms with Crippen molar-refractivity contribution in [3.05, 3.63) is 46.8 Å². The Labute approximate surface area is 135 Å². The molecule has 0 aliphatic carbocycles. The maximum Gasteiger partial charge on any atom is 0.242 e. The van der Waals surface area contributed by atoms with Crippen LogP contribution in [0.25, 0.3) is 10.9 Å². The van der Waals surface area contributed by atoms with Gasteiger partial charge < -0.3 is 14.8 Å². The number of piperazine rings is 1. The summed E-state index contributed by atoms with van der Waals surface area (Å²) in [4.78, 5) is 26.3. The molecule has 1 atom stereocenters. The van der Waals surface area contributed by atoms with E-state index in [0.717, 1.165) is 25.2 Å². The monoisotopic (exact) mass is 321 g/mol. The molecule has 118 valence electrons. The van der Waals surface area contributed by atoms with E-state index in [1.54, 1.807) is 12.3 Å². The smallest absolute Gasteiger partial charge is 0.242 e. The molecule has 0 radical (unpaired) electrons. The summed E-state index contributed by atoms with van der Waals surface area (Å²) in [6, 6.07) is 9.13. The number of nitrogens with zero attached hydrogens (tertiary/aromatic N) is 2. The van der Waals surface area contributed by atoms with Gasteiger partial charge in [-0.1, -0.05) is 12.1 Å². The number of pyridine rings is 1. The zero-order valence-electron chi connectivity index (χ0n) is 12.5. The highest BCUT2D eigenvalue weighted by Gasteiger charge is 2.23. The van der Waals surface area contributed by atoms with Gasteiger partial charge in [0.15, 0.2) is 5.43 Å². The number of aromatic nitrogens is 1. The lowest BCUT2D eigenvalue weighted by Gasteiger charge is -2.34. The van der Waals surface area contributed by atoms with Crippen molar-refractivity contribution >= 4 is 29.2 Å². The number of benzene rings is 1. The molecule has 0 bridgehead atoms. The number of hydrogen-bond donors (Lipinski definition) is 1. The third-order valence-electron chi connectivity index (χ3n) is 4.01. The van der Waals surface area contributed by atoms with Crippen LogP contribution in [0.5, 0.6) is 0 Å². The molecule has 1 aliphatic heterocycles. The second-order valence-electron chi connectivity index (χ2n) is 5.47. The Morgan fingerprint density at radius 2 is 2.09 bits per heavy atom. The number of fused-ring (bicyclic) bond motifs is 1. The Morgan fingerprint density at radius 3 is 2.86 bits per heavy atom. The second-order valence-corrected chi connectivity index (χ2v) is 5.47. The lowest BCUT2D eigenvalue weighted by molar-refractivity contribution is -0.134. The largest absolute Gasteiger partial charge is 0.338 e. The van der Waals surface area contributed by atoms with Crippen molar-refractivity contribution in [1.29, 1.82) is 0 Å². The van der Waals surface area contributed by atoms with Crippen LogP contribution >= 0.6 is 12.4 Å². The number of carbonyl (C=O) groups is 1. The van der Waals surface area contributed by atoms with Crippen molar-refractivity contribution in [2.45, 2.75) is 19.5 Å². The minimum atomic E-state index is -0.00941. The lowest BCUT2D eigenvalue weighted by atomic mass is 10.2. The summed E-state index contributed by atoms with van der Waals surface area (Å²) >= 11 is 0. The van der Waals surface area contributed by atoms with Gasteiger partial charge in [-0.05, 0) is 19.1 Å². The number of rotatable bonds is 2. The lowest BCUT2D eigenvalue weighted by Crippen LogP contribution is -2.53. The number of carbonyl (C=O) groups excluding carboxylic acids is 1. The van der Waals surface area contributed by atoms with E-state index in [0.29, 0.717) is 5.39 Å². The van der Waals surface area contributed by atoms with Crippen molar-refractivity contribution in [3.63, 3.8) is 0 Å². The Kier molecular flexibility index (Phi) is 5.21. The Bertz CT molecular complexity index is 729. The molecule has 1 N–H and O–H groups in total. The second kappa shape index (κ2) is 6.94. The third kappa shape index (κ3) is 3.15. The van der Waals surface area contributed by atoms with Gasteiger partial charge in [-0.25, -0.2) is 0 Å². The molecule has 0 spiro atoms. The molecule has 0 saturated carbocycles. The van der Waals surface area contributed by atoms with Crippen molar-refractivity contribution in [2.24, 2.45) is 0 Å². The molecule has 3 rings (SSSR count). The van der Waals surface area contributed by atoms with Crippen LogP contribution in [-0.2, 0) is 11.3 Å². The molecular formula is C16H20ClN3O2. The fraction of sp³-hybridized carbons (Fsp3) is 0.375. The molecule has 1 fully saturated rings. The van der Waals surface area contributed by atoms with Crippen LogP contribution < -0.4 is 10.7 Å². The van der Waals surface area contributed by atoms with E-state index in [9.17, 15) is 9.59 Å². The summed E-state index contributed by atoms with van der Waals surface area (Å²) in [7, 11) is 0. The number of amides is 1. The molecular weight excluding hydrogens is 302 g/mol. The van der Waals surface area contributed by atoms with Gasteiger partial charge in [-0.2, -0.15) is 0 Å². The molecule has 1 aliphatic rings. The number of nitrogens with one attached hydrogen (secondary N) is 1. The molecule has 1 saturated heterocycles. The predicted octanol–water partition coefficient (Wildman–Crippen LogP) is 1.24. The molecule has 2 aromatic rings. The molecule has 5 nitrogen and oxygen atoms in total. The summed E-state index contributed by atoms with van der Waals surface area (Å²) in [5.41, 5.74) is 0.797. The van der Waals surface area contributed by atoms with E-state index in [1.165, 1.54) is 6.07 Å². The van der Waals surface area contributed by atoms with Gasteiger partial charge in [-0.3, -0.25) is 9.59 Å². The maximum absolute atomic E-state index is 12.5. The fourth-order valence-electron chi connectivity index (χ4n) is 2.85. The minimum absolute atomic E-state index is 0. The van der Waals surface area contributed by atoms with E-state index in [1.807, 2.05) is 34.6 Å². The first-order valence-corrected chi connectivity index (χ1v) is 7.25. The normalized spacial score (nSPS) is 18.0. The Morgan fingerprint density at radius 1 is 1.32 bits per heavy atom. The number of hydrogen-bond acceptors (Lipinski definition) is 3. The van der Waals surface area contributed by atoms with E-state index in [2.05, 4.69) is 5.32 Å². The first-order valence-electron chi connectivity index (χ1n) is 7.25. The van der Waals surface area contributed by atoms with Gasteiger partial charge in [0.1, 0.15) is 6.54 Å². The highest BCUT2D eigenvalue weighted by Crippen LogP contribution is 2.11. The topological polar surface area (TPSA) is 54.3 Å². The first-order chi connectivity index (χ1) is 10.2. The van der Waals surface area contributed by atoms with Crippen LogP contribution in [0.4, 0.5) is 0 Å². The van der Waals surface area contributed by atoms with E-state index >= 15 is 0 Å². The summed E-state index contributed by atoms with van der Waals surface area (Å²) in [5, 5.41) is 3.93. The van der Waals surface area contributed by atoms with Crippen LogP contribution in [0, 0.1) is 0 Å². The van der Waals surface area contributed by atoms with Gasteiger partial charge in [-0.15, -0.1) is 12.4 Å².